The highest BCUT2D eigenvalue weighted by Gasteiger charge is 2.06. The molecule has 0 saturated heterocycles. The molecule has 1 amide bonds. The standard InChI is InChI=1S/C11H15N7O2S/c1-6-14-11(18-17-6)21-5-10(20)13-3-2-8-15-7(12)4-9(19)16-8/h4H,2-3,5H2,1H3,(H,13,20)(H,14,17,18)(H3,12,15,16,19). The van der Waals surface area contributed by atoms with Crippen LogP contribution in [0, 0.1) is 6.92 Å². The molecule has 0 atom stereocenters. The maximum absolute atomic E-state index is 11.6. The van der Waals surface area contributed by atoms with E-state index in [4.69, 9.17) is 5.73 Å². The summed E-state index contributed by atoms with van der Waals surface area (Å²) < 4.78 is 0. The Morgan fingerprint density at radius 2 is 2.29 bits per heavy atom. The zero-order valence-corrected chi connectivity index (χ0v) is 12.2. The molecule has 2 aromatic rings. The first-order chi connectivity index (χ1) is 10.0. The van der Waals surface area contributed by atoms with Gasteiger partial charge in [0.1, 0.15) is 17.5 Å². The summed E-state index contributed by atoms with van der Waals surface area (Å²) in [5.41, 5.74) is 5.16. The van der Waals surface area contributed by atoms with Crippen LogP contribution in [0.2, 0.25) is 0 Å². The molecule has 10 heteroatoms. The maximum atomic E-state index is 11.6. The summed E-state index contributed by atoms with van der Waals surface area (Å²) in [6.45, 7) is 2.15. The second kappa shape index (κ2) is 6.88. The number of amides is 1. The molecular weight excluding hydrogens is 294 g/mol. The molecule has 0 radical (unpaired) electrons. The maximum Gasteiger partial charge on any atom is 0.252 e. The zero-order chi connectivity index (χ0) is 15.2. The molecule has 21 heavy (non-hydrogen) atoms. The van der Waals surface area contributed by atoms with Gasteiger partial charge in [-0.1, -0.05) is 11.8 Å². The summed E-state index contributed by atoms with van der Waals surface area (Å²) in [6, 6.07) is 1.21. The van der Waals surface area contributed by atoms with Crippen LogP contribution in [-0.2, 0) is 11.2 Å². The van der Waals surface area contributed by atoms with Gasteiger partial charge in [-0.15, -0.1) is 5.10 Å². The fraction of sp³-hybridized carbons (Fsp3) is 0.364. The Labute approximate surface area is 124 Å². The molecule has 0 unspecified atom stereocenters. The molecule has 2 aromatic heterocycles. The number of anilines is 1. The lowest BCUT2D eigenvalue weighted by Crippen LogP contribution is -2.28. The lowest BCUT2D eigenvalue weighted by molar-refractivity contribution is -0.118. The van der Waals surface area contributed by atoms with E-state index in [1.54, 1.807) is 6.92 Å². The lowest BCUT2D eigenvalue weighted by Gasteiger charge is -2.04. The van der Waals surface area contributed by atoms with Gasteiger partial charge in [-0.05, 0) is 6.92 Å². The van der Waals surface area contributed by atoms with Gasteiger partial charge in [-0.2, -0.15) is 0 Å². The van der Waals surface area contributed by atoms with E-state index < -0.39 is 0 Å². The predicted molar refractivity (Wildman–Crippen MR) is 77.8 cm³/mol. The van der Waals surface area contributed by atoms with Crippen LogP contribution in [0.15, 0.2) is 16.0 Å². The van der Waals surface area contributed by atoms with Crippen molar-refractivity contribution >= 4 is 23.5 Å². The average Bonchev–Trinajstić information content (AvgIpc) is 2.81. The normalized spacial score (nSPS) is 10.5. The van der Waals surface area contributed by atoms with E-state index in [9.17, 15) is 9.59 Å². The van der Waals surface area contributed by atoms with Crippen molar-refractivity contribution in [3.05, 3.63) is 28.1 Å². The van der Waals surface area contributed by atoms with Crippen molar-refractivity contribution in [2.24, 2.45) is 0 Å². The van der Waals surface area contributed by atoms with Gasteiger partial charge in [0, 0.05) is 19.0 Å². The van der Waals surface area contributed by atoms with Crippen LogP contribution < -0.4 is 16.6 Å². The average molecular weight is 309 g/mol. The fourth-order valence-electron chi connectivity index (χ4n) is 1.54. The summed E-state index contributed by atoms with van der Waals surface area (Å²) in [5, 5.41) is 9.87. The van der Waals surface area contributed by atoms with Crippen molar-refractivity contribution in [1.82, 2.24) is 30.5 Å². The molecule has 112 valence electrons. The second-order valence-corrected chi connectivity index (χ2v) is 5.15. The molecular formula is C11H15N7O2S. The number of carbonyl (C=O) groups excluding carboxylic acids is 1. The Hall–Kier alpha value is -2.36. The molecule has 2 heterocycles. The highest BCUT2D eigenvalue weighted by molar-refractivity contribution is 7.99. The van der Waals surface area contributed by atoms with Gasteiger partial charge in [0.05, 0.1) is 5.75 Å². The molecule has 0 aliphatic carbocycles. The van der Waals surface area contributed by atoms with Crippen molar-refractivity contribution in [3.63, 3.8) is 0 Å². The number of nitrogens with one attached hydrogen (secondary N) is 3. The first kappa shape index (κ1) is 15.0. The summed E-state index contributed by atoms with van der Waals surface area (Å²) in [6.07, 6.45) is 0.399. The Morgan fingerprint density at radius 1 is 1.48 bits per heavy atom. The van der Waals surface area contributed by atoms with Gasteiger partial charge in [-0.3, -0.25) is 14.7 Å². The molecule has 0 aromatic carbocycles. The van der Waals surface area contributed by atoms with E-state index in [-0.39, 0.29) is 23.0 Å². The molecule has 0 aliphatic rings. The van der Waals surface area contributed by atoms with Gasteiger partial charge in [0.15, 0.2) is 0 Å². The molecule has 0 fully saturated rings. The number of carbonyl (C=O) groups is 1. The van der Waals surface area contributed by atoms with Crippen molar-refractivity contribution in [2.75, 3.05) is 18.0 Å². The molecule has 2 rings (SSSR count). The van der Waals surface area contributed by atoms with E-state index in [0.29, 0.717) is 29.8 Å². The van der Waals surface area contributed by atoms with Crippen LogP contribution in [0.25, 0.3) is 0 Å². The molecule has 0 aliphatic heterocycles. The number of aromatic nitrogens is 5. The number of nitrogens with two attached hydrogens (primary N) is 1. The summed E-state index contributed by atoms with van der Waals surface area (Å²) >= 11 is 1.24. The molecule has 9 nitrogen and oxygen atoms in total. The van der Waals surface area contributed by atoms with E-state index in [1.165, 1.54) is 17.8 Å². The van der Waals surface area contributed by atoms with Crippen molar-refractivity contribution < 1.29 is 4.79 Å². The van der Waals surface area contributed by atoms with Crippen LogP contribution in [-0.4, -0.2) is 43.4 Å². The highest BCUT2D eigenvalue weighted by atomic mass is 32.2. The highest BCUT2D eigenvalue weighted by Crippen LogP contribution is 2.10. The number of H-pyrrole nitrogens is 2. The number of rotatable bonds is 6. The summed E-state index contributed by atoms with van der Waals surface area (Å²) in [4.78, 5) is 33.4. The topological polar surface area (TPSA) is 142 Å². The molecule has 0 bridgehead atoms. The number of nitrogens with zero attached hydrogens (tertiary/aromatic N) is 3. The van der Waals surface area contributed by atoms with E-state index >= 15 is 0 Å². The number of aromatic amines is 2. The summed E-state index contributed by atoms with van der Waals surface area (Å²) in [5.74, 6) is 1.38. The zero-order valence-electron chi connectivity index (χ0n) is 11.3. The first-order valence-corrected chi connectivity index (χ1v) is 7.15. The predicted octanol–water partition coefficient (Wildman–Crippen LogP) is -0.770. The van der Waals surface area contributed by atoms with Gasteiger partial charge in [0.25, 0.3) is 5.56 Å². The van der Waals surface area contributed by atoms with Crippen molar-refractivity contribution in [2.45, 2.75) is 18.5 Å². The van der Waals surface area contributed by atoms with Crippen LogP contribution in [0.3, 0.4) is 0 Å². The minimum Gasteiger partial charge on any atom is -0.383 e. The second-order valence-electron chi connectivity index (χ2n) is 4.21. The SMILES string of the molecule is Cc1nc(SCC(=O)NCCc2nc(N)cc(=O)[nH]2)n[nH]1. The van der Waals surface area contributed by atoms with Gasteiger partial charge in [-0.25, -0.2) is 9.97 Å². The smallest absolute Gasteiger partial charge is 0.252 e. The molecule has 0 saturated carbocycles. The van der Waals surface area contributed by atoms with E-state index in [2.05, 4.69) is 30.5 Å². The van der Waals surface area contributed by atoms with Crippen LogP contribution in [0.4, 0.5) is 5.82 Å². The number of thioether (sulfide) groups is 1. The Morgan fingerprint density at radius 3 is 2.95 bits per heavy atom. The van der Waals surface area contributed by atoms with Crippen LogP contribution in [0.1, 0.15) is 11.6 Å². The number of nitrogen functional groups attached to an aromatic ring is 1. The van der Waals surface area contributed by atoms with E-state index in [1.807, 2.05) is 0 Å². The first-order valence-electron chi connectivity index (χ1n) is 6.17. The van der Waals surface area contributed by atoms with Crippen LogP contribution in [0.5, 0.6) is 0 Å². The third-order valence-corrected chi connectivity index (χ3v) is 3.25. The fourth-order valence-corrected chi connectivity index (χ4v) is 2.21. The molecule has 5 N–H and O–H groups in total. The van der Waals surface area contributed by atoms with Gasteiger partial charge >= 0.3 is 0 Å². The Balaban J connectivity index is 1.72. The van der Waals surface area contributed by atoms with Crippen molar-refractivity contribution in [3.8, 4) is 0 Å². The third-order valence-electron chi connectivity index (χ3n) is 2.40. The van der Waals surface area contributed by atoms with Gasteiger partial charge < -0.3 is 16.0 Å². The quantitative estimate of drug-likeness (QED) is 0.513. The Kier molecular flexibility index (Phi) is 4.93. The van der Waals surface area contributed by atoms with Crippen LogP contribution >= 0.6 is 11.8 Å². The number of aryl methyl sites for hydroxylation is 1. The number of hydrogen-bond donors (Lipinski definition) is 4. The minimum atomic E-state index is -0.306. The van der Waals surface area contributed by atoms with E-state index in [0.717, 1.165) is 0 Å². The third kappa shape index (κ3) is 4.91. The van der Waals surface area contributed by atoms with Crippen molar-refractivity contribution in [1.29, 1.82) is 0 Å². The largest absolute Gasteiger partial charge is 0.383 e. The summed E-state index contributed by atoms with van der Waals surface area (Å²) in [7, 11) is 0. The number of hydrogen-bond acceptors (Lipinski definition) is 7. The monoisotopic (exact) mass is 309 g/mol. The Bertz CT molecular complexity index is 681. The minimum absolute atomic E-state index is 0.145. The lowest BCUT2D eigenvalue weighted by atomic mass is 10.4. The van der Waals surface area contributed by atoms with Gasteiger partial charge in [0.2, 0.25) is 11.1 Å². The molecule has 0 spiro atoms.